The first-order valence-corrected chi connectivity index (χ1v) is 6.88. The van der Waals surface area contributed by atoms with Crippen LogP contribution < -0.4 is 0 Å². The minimum absolute atomic E-state index is 0.0543. The number of carbonyl (C=O) groups excluding carboxylic acids is 1. The van der Waals surface area contributed by atoms with E-state index in [1.807, 2.05) is 35.7 Å². The van der Waals surface area contributed by atoms with Crippen molar-refractivity contribution in [3.63, 3.8) is 0 Å². The van der Waals surface area contributed by atoms with Gasteiger partial charge in [-0.25, -0.2) is 4.98 Å². The molecule has 2 aromatic rings. The Kier molecular flexibility index (Phi) is 3.62. The lowest BCUT2D eigenvalue weighted by molar-refractivity contribution is 0.0992. The third-order valence-electron chi connectivity index (χ3n) is 2.63. The van der Waals surface area contributed by atoms with E-state index >= 15 is 0 Å². The summed E-state index contributed by atoms with van der Waals surface area (Å²) in [5.74, 6) is 0.126. The molecule has 1 heterocycles. The average Bonchev–Trinajstić information content (AvgIpc) is 2.78. The predicted octanol–water partition coefficient (Wildman–Crippen LogP) is 3.87. The minimum atomic E-state index is 0.0543. The number of aromatic nitrogens is 1. The number of Topliss-reactive ketones (excluding diaryl/α,β-unsaturated/α-hetero) is 1. The second-order valence-electron chi connectivity index (χ2n) is 5.36. The largest absolute Gasteiger partial charge is 0.294 e. The molecule has 94 valence electrons. The van der Waals surface area contributed by atoms with Crippen LogP contribution in [-0.4, -0.2) is 10.8 Å². The van der Waals surface area contributed by atoms with Gasteiger partial charge in [-0.15, -0.1) is 11.3 Å². The number of carbonyl (C=O) groups is 1. The second kappa shape index (κ2) is 5.02. The number of thiazole rings is 1. The smallest absolute Gasteiger partial charge is 0.168 e. The van der Waals surface area contributed by atoms with E-state index < -0.39 is 0 Å². The summed E-state index contributed by atoms with van der Waals surface area (Å²) >= 11 is 1.63. The number of hydrogen-bond donors (Lipinski definition) is 0. The highest BCUT2D eigenvalue weighted by molar-refractivity contribution is 7.09. The Morgan fingerprint density at radius 2 is 1.89 bits per heavy atom. The molecule has 3 heteroatoms. The van der Waals surface area contributed by atoms with Gasteiger partial charge in [-0.3, -0.25) is 4.79 Å². The fraction of sp³-hybridized carbons (Fsp3) is 0.333. The lowest BCUT2D eigenvalue weighted by atomic mass is 9.98. The van der Waals surface area contributed by atoms with Crippen LogP contribution in [0.4, 0.5) is 0 Å². The molecule has 0 fully saturated rings. The third kappa shape index (κ3) is 3.05. The molecular weight excluding hydrogens is 242 g/mol. The molecule has 2 nitrogen and oxygen atoms in total. The highest BCUT2D eigenvalue weighted by Gasteiger charge is 2.18. The topological polar surface area (TPSA) is 30.0 Å². The van der Waals surface area contributed by atoms with Crippen molar-refractivity contribution in [1.82, 2.24) is 4.98 Å². The van der Waals surface area contributed by atoms with Crippen LogP contribution in [0.1, 0.15) is 41.8 Å². The number of hydrogen-bond acceptors (Lipinski definition) is 3. The molecule has 0 saturated carbocycles. The SMILES string of the molecule is CC(C)(C)c1nc(CC(=O)c2ccccc2)cs1. The van der Waals surface area contributed by atoms with E-state index in [0.717, 1.165) is 16.3 Å². The molecule has 18 heavy (non-hydrogen) atoms. The van der Waals surface area contributed by atoms with Crippen molar-refractivity contribution in [1.29, 1.82) is 0 Å². The van der Waals surface area contributed by atoms with E-state index in [-0.39, 0.29) is 11.2 Å². The van der Waals surface area contributed by atoms with Gasteiger partial charge in [-0.2, -0.15) is 0 Å². The number of benzene rings is 1. The summed E-state index contributed by atoms with van der Waals surface area (Å²) < 4.78 is 0. The molecule has 0 amide bonds. The van der Waals surface area contributed by atoms with E-state index in [1.54, 1.807) is 11.3 Å². The van der Waals surface area contributed by atoms with Crippen LogP contribution in [0.5, 0.6) is 0 Å². The summed E-state index contributed by atoms with van der Waals surface area (Å²) in [6.07, 6.45) is 0.386. The van der Waals surface area contributed by atoms with Crippen molar-refractivity contribution in [2.75, 3.05) is 0 Å². The fourth-order valence-corrected chi connectivity index (χ4v) is 2.53. The third-order valence-corrected chi connectivity index (χ3v) is 3.95. The van der Waals surface area contributed by atoms with Crippen molar-refractivity contribution in [3.8, 4) is 0 Å². The van der Waals surface area contributed by atoms with Crippen molar-refractivity contribution < 1.29 is 4.79 Å². The van der Waals surface area contributed by atoms with Gasteiger partial charge in [0.05, 0.1) is 17.1 Å². The van der Waals surface area contributed by atoms with Gasteiger partial charge in [0.1, 0.15) is 0 Å². The number of ketones is 1. The Morgan fingerprint density at radius 3 is 2.44 bits per heavy atom. The Hall–Kier alpha value is -1.48. The first-order chi connectivity index (χ1) is 8.47. The van der Waals surface area contributed by atoms with E-state index in [1.165, 1.54) is 0 Å². The van der Waals surface area contributed by atoms with Crippen LogP contribution in [0.25, 0.3) is 0 Å². The van der Waals surface area contributed by atoms with Crippen molar-refractivity contribution in [2.45, 2.75) is 32.6 Å². The van der Waals surface area contributed by atoms with Crippen LogP contribution >= 0.6 is 11.3 Å². The van der Waals surface area contributed by atoms with Gasteiger partial charge >= 0.3 is 0 Å². The Bertz CT molecular complexity index is 537. The van der Waals surface area contributed by atoms with Crippen molar-refractivity contribution in [3.05, 3.63) is 52.0 Å². The monoisotopic (exact) mass is 259 g/mol. The standard InChI is InChI=1S/C15H17NOS/c1-15(2,3)14-16-12(10-18-14)9-13(17)11-7-5-4-6-8-11/h4-8,10H,9H2,1-3H3. The number of nitrogens with zero attached hydrogens (tertiary/aromatic N) is 1. The quantitative estimate of drug-likeness (QED) is 0.783. The van der Waals surface area contributed by atoms with Crippen LogP contribution in [0.3, 0.4) is 0 Å². The minimum Gasteiger partial charge on any atom is -0.294 e. The zero-order valence-corrected chi connectivity index (χ0v) is 11.8. The van der Waals surface area contributed by atoms with Crippen LogP contribution in [0, 0.1) is 0 Å². The van der Waals surface area contributed by atoms with Crippen molar-refractivity contribution >= 4 is 17.1 Å². The summed E-state index contributed by atoms with van der Waals surface area (Å²) in [7, 11) is 0. The first kappa shape index (κ1) is 13.0. The molecule has 2 rings (SSSR count). The molecule has 0 aliphatic heterocycles. The molecule has 0 spiro atoms. The molecule has 0 unspecified atom stereocenters. The van der Waals surface area contributed by atoms with Gasteiger partial charge in [0.2, 0.25) is 0 Å². The molecule has 0 aliphatic carbocycles. The lowest BCUT2D eigenvalue weighted by Crippen LogP contribution is -2.11. The highest BCUT2D eigenvalue weighted by Crippen LogP contribution is 2.25. The molecular formula is C15H17NOS. The Labute approximate surface area is 112 Å². The van der Waals surface area contributed by atoms with Gasteiger partial charge in [0.15, 0.2) is 5.78 Å². The van der Waals surface area contributed by atoms with Gasteiger partial charge in [-0.05, 0) is 0 Å². The highest BCUT2D eigenvalue weighted by atomic mass is 32.1. The molecule has 1 aromatic heterocycles. The van der Waals surface area contributed by atoms with Gasteiger partial charge < -0.3 is 0 Å². The maximum atomic E-state index is 12.0. The van der Waals surface area contributed by atoms with Crippen LogP contribution in [0.2, 0.25) is 0 Å². The second-order valence-corrected chi connectivity index (χ2v) is 6.22. The zero-order valence-electron chi connectivity index (χ0n) is 10.9. The van der Waals surface area contributed by atoms with Gasteiger partial charge in [0.25, 0.3) is 0 Å². The number of rotatable bonds is 3. The average molecular weight is 259 g/mol. The first-order valence-electron chi connectivity index (χ1n) is 6.00. The van der Waals surface area contributed by atoms with E-state index in [4.69, 9.17) is 0 Å². The summed E-state index contributed by atoms with van der Waals surface area (Å²) in [5, 5.41) is 3.07. The molecule has 0 radical (unpaired) electrons. The molecule has 0 atom stereocenters. The molecule has 0 saturated heterocycles. The summed E-state index contributed by atoms with van der Waals surface area (Å²) in [5.41, 5.74) is 1.68. The summed E-state index contributed by atoms with van der Waals surface area (Å²) in [4.78, 5) is 16.6. The summed E-state index contributed by atoms with van der Waals surface area (Å²) in [6, 6.07) is 9.37. The molecule has 0 N–H and O–H groups in total. The Morgan fingerprint density at radius 1 is 1.22 bits per heavy atom. The molecule has 1 aromatic carbocycles. The maximum Gasteiger partial charge on any atom is 0.168 e. The van der Waals surface area contributed by atoms with E-state index in [0.29, 0.717) is 6.42 Å². The molecule has 0 bridgehead atoms. The summed E-state index contributed by atoms with van der Waals surface area (Å²) in [6.45, 7) is 6.40. The predicted molar refractivity (Wildman–Crippen MR) is 75.3 cm³/mol. The van der Waals surface area contributed by atoms with Crippen molar-refractivity contribution in [2.24, 2.45) is 0 Å². The maximum absolute atomic E-state index is 12.0. The van der Waals surface area contributed by atoms with Crippen LogP contribution in [0.15, 0.2) is 35.7 Å². The lowest BCUT2D eigenvalue weighted by Gasteiger charge is -2.13. The Balaban J connectivity index is 2.11. The van der Waals surface area contributed by atoms with Gasteiger partial charge in [-0.1, -0.05) is 51.1 Å². The van der Waals surface area contributed by atoms with E-state index in [9.17, 15) is 4.79 Å². The van der Waals surface area contributed by atoms with E-state index in [2.05, 4.69) is 25.8 Å². The van der Waals surface area contributed by atoms with Crippen LogP contribution in [-0.2, 0) is 11.8 Å². The fourth-order valence-electron chi connectivity index (χ4n) is 1.62. The normalized spacial score (nSPS) is 11.5. The zero-order chi connectivity index (χ0) is 13.2. The van der Waals surface area contributed by atoms with Gasteiger partial charge in [0, 0.05) is 16.4 Å². The molecule has 0 aliphatic rings.